The van der Waals surface area contributed by atoms with E-state index < -0.39 is 6.04 Å². The second-order valence-electron chi connectivity index (χ2n) is 11.0. The zero-order valence-electron chi connectivity index (χ0n) is 23.8. The molecule has 0 bridgehead atoms. The van der Waals surface area contributed by atoms with Gasteiger partial charge in [0.2, 0.25) is 5.91 Å². The van der Waals surface area contributed by atoms with Gasteiger partial charge in [0.05, 0.1) is 4.47 Å². The maximum atomic E-state index is 13.8. The molecule has 0 aliphatic rings. The Balaban J connectivity index is 1.88. The van der Waals surface area contributed by atoms with E-state index in [0.717, 1.165) is 34.0 Å². The van der Waals surface area contributed by atoms with Gasteiger partial charge >= 0.3 is 0 Å². The number of ether oxygens (including phenoxy) is 1. The standard InChI is InChI=1S/C33H41BrN2O3/c1-6-7-19-35-32(38)29(20-25-11-9-8-10-12-25)36(22-26-15-13-24(2)14-16-26)31(37)23-39-30-18-17-27(21-28(30)34)33(3,4)5/h8-18,21,29H,6-7,19-20,22-23H2,1-5H3,(H,35,38). The molecule has 2 amide bonds. The van der Waals surface area contributed by atoms with E-state index >= 15 is 0 Å². The fourth-order valence-corrected chi connectivity index (χ4v) is 4.75. The topological polar surface area (TPSA) is 58.6 Å². The highest BCUT2D eigenvalue weighted by Crippen LogP contribution is 2.31. The molecule has 0 heterocycles. The molecular weight excluding hydrogens is 552 g/mol. The fourth-order valence-electron chi connectivity index (χ4n) is 4.26. The van der Waals surface area contributed by atoms with Crippen molar-refractivity contribution < 1.29 is 14.3 Å². The average molecular weight is 594 g/mol. The first-order chi connectivity index (χ1) is 18.6. The highest BCUT2D eigenvalue weighted by atomic mass is 79.9. The number of amides is 2. The van der Waals surface area contributed by atoms with Crippen LogP contribution in [-0.2, 0) is 28.0 Å². The minimum Gasteiger partial charge on any atom is -0.483 e. The van der Waals surface area contributed by atoms with Gasteiger partial charge in [-0.1, -0.05) is 100 Å². The summed E-state index contributed by atoms with van der Waals surface area (Å²) in [5.74, 6) is 0.205. The van der Waals surface area contributed by atoms with Gasteiger partial charge in [-0.05, 0) is 63.5 Å². The quantitative estimate of drug-likeness (QED) is 0.230. The zero-order chi connectivity index (χ0) is 28.4. The van der Waals surface area contributed by atoms with E-state index in [-0.39, 0.29) is 23.8 Å². The summed E-state index contributed by atoms with van der Waals surface area (Å²) in [7, 11) is 0. The molecule has 0 radical (unpaired) electrons. The Kier molecular flexibility index (Phi) is 11.2. The van der Waals surface area contributed by atoms with Gasteiger partial charge in [0, 0.05) is 19.5 Å². The molecule has 5 nitrogen and oxygen atoms in total. The molecule has 39 heavy (non-hydrogen) atoms. The van der Waals surface area contributed by atoms with Gasteiger partial charge in [-0.15, -0.1) is 0 Å². The van der Waals surface area contributed by atoms with Crippen LogP contribution in [0.3, 0.4) is 0 Å². The molecule has 1 atom stereocenters. The molecular formula is C33H41BrN2O3. The molecule has 1 N–H and O–H groups in total. The number of nitrogens with zero attached hydrogens (tertiary/aromatic N) is 1. The fraction of sp³-hybridized carbons (Fsp3) is 0.394. The number of unbranched alkanes of at least 4 members (excludes halogenated alkanes) is 1. The van der Waals surface area contributed by atoms with Crippen molar-refractivity contribution >= 4 is 27.7 Å². The van der Waals surface area contributed by atoms with E-state index in [1.165, 1.54) is 5.56 Å². The molecule has 0 aromatic heterocycles. The van der Waals surface area contributed by atoms with Crippen molar-refractivity contribution in [2.75, 3.05) is 13.2 Å². The van der Waals surface area contributed by atoms with Crippen LogP contribution >= 0.6 is 15.9 Å². The van der Waals surface area contributed by atoms with Crippen LogP contribution in [0.15, 0.2) is 77.3 Å². The van der Waals surface area contributed by atoms with Crippen molar-refractivity contribution in [3.05, 3.63) is 99.5 Å². The lowest BCUT2D eigenvalue weighted by atomic mass is 9.87. The minimum atomic E-state index is -0.673. The number of hydrogen-bond donors (Lipinski definition) is 1. The first kappa shape index (κ1) is 30.4. The zero-order valence-corrected chi connectivity index (χ0v) is 25.4. The number of carbonyl (C=O) groups is 2. The Bertz CT molecular complexity index is 1220. The van der Waals surface area contributed by atoms with Crippen LogP contribution in [-0.4, -0.2) is 35.9 Å². The van der Waals surface area contributed by atoms with Gasteiger partial charge in [-0.25, -0.2) is 0 Å². The van der Waals surface area contributed by atoms with E-state index in [2.05, 4.69) is 48.9 Å². The van der Waals surface area contributed by atoms with Gasteiger partial charge in [-0.3, -0.25) is 9.59 Å². The second kappa shape index (κ2) is 14.3. The van der Waals surface area contributed by atoms with E-state index in [4.69, 9.17) is 4.74 Å². The number of aryl methyl sites for hydroxylation is 1. The summed E-state index contributed by atoms with van der Waals surface area (Å²) in [6, 6.07) is 23.2. The molecule has 0 aliphatic carbocycles. The Morgan fingerprint density at radius 2 is 1.67 bits per heavy atom. The van der Waals surface area contributed by atoms with Gasteiger partial charge in [0.1, 0.15) is 11.8 Å². The Hall–Kier alpha value is -3.12. The van der Waals surface area contributed by atoms with E-state index in [1.54, 1.807) is 4.90 Å². The van der Waals surface area contributed by atoms with Crippen LogP contribution in [0.25, 0.3) is 0 Å². The number of nitrogens with one attached hydrogen (secondary N) is 1. The third-order valence-corrected chi connectivity index (χ3v) is 7.34. The van der Waals surface area contributed by atoms with Crippen molar-refractivity contribution in [2.24, 2.45) is 0 Å². The van der Waals surface area contributed by atoms with Gasteiger partial charge in [0.25, 0.3) is 5.91 Å². The lowest BCUT2D eigenvalue weighted by Crippen LogP contribution is -2.51. The number of carbonyl (C=O) groups excluding carboxylic acids is 2. The summed E-state index contributed by atoms with van der Waals surface area (Å²) < 4.78 is 6.81. The van der Waals surface area contributed by atoms with Crippen molar-refractivity contribution in [2.45, 2.75) is 71.9 Å². The van der Waals surface area contributed by atoms with Crippen molar-refractivity contribution in [3.63, 3.8) is 0 Å². The summed E-state index contributed by atoms with van der Waals surface area (Å²) in [5, 5.41) is 3.06. The number of benzene rings is 3. The SMILES string of the molecule is CCCCNC(=O)C(Cc1ccccc1)N(Cc1ccc(C)cc1)C(=O)COc1ccc(C(C)(C)C)cc1Br. The number of halogens is 1. The molecule has 0 aliphatic heterocycles. The van der Waals surface area contributed by atoms with Crippen LogP contribution in [0, 0.1) is 6.92 Å². The number of rotatable bonds is 12. The monoisotopic (exact) mass is 592 g/mol. The van der Waals surface area contributed by atoms with Crippen LogP contribution < -0.4 is 10.1 Å². The van der Waals surface area contributed by atoms with E-state index in [0.29, 0.717) is 25.3 Å². The average Bonchev–Trinajstić information content (AvgIpc) is 2.91. The van der Waals surface area contributed by atoms with Gasteiger partial charge < -0.3 is 15.0 Å². The highest BCUT2D eigenvalue weighted by molar-refractivity contribution is 9.10. The van der Waals surface area contributed by atoms with Crippen molar-refractivity contribution in [1.82, 2.24) is 10.2 Å². The van der Waals surface area contributed by atoms with Crippen LogP contribution in [0.1, 0.15) is 62.8 Å². The molecule has 6 heteroatoms. The summed E-state index contributed by atoms with van der Waals surface area (Å²) in [6.07, 6.45) is 2.28. The molecule has 0 spiro atoms. The van der Waals surface area contributed by atoms with E-state index in [9.17, 15) is 9.59 Å². The first-order valence-corrected chi connectivity index (χ1v) is 14.5. The third kappa shape index (κ3) is 9.24. The maximum absolute atomic E-state index is 13.8. The first-order valence-electron chi connectivity index (χ1n) is 13.7. The minimum absolute atomic E-state index is 0.00248. The molecule has 0 saturated carbocycles. The third-order valence-electron chi connectivity index (χ3n) is 6.72. The second-order valence-corrected chi connectivity index (χ2v) is 11.9. The van der Waals surface area contributed by atoms with Gasteiger partial charge in [0.15, 0.2) is 6.61 Å². The predicted octanol–water partition coefficient (Wildman–Crippen LogP) is 6.99. The highest BCUT2D eigenvalue weighted by Gasteiger charge is 2.30. The van der Waals surface area contributed by atoms with Gasteiger partial charge in [-0.2, -0.15) is 0 Å². The number of hydrogen-bond acceptors (Lipinski definition) is 3. The van der Waals surface area contributed by atoms with Crippen molar-refractivity contribution in [3.8, 4) is 5.75 Å². The lowest BCUT2D eigenvalue weighted by molar-refractivity contribution is -0.142. The Morgan fingerprint density at radius 3 is 2.28 bits per heavy atom. The van der Waals surface area contributed by atoms with Crippen molar-refractivity contribution in [1.29, 1.82) is 0 Å². The molecule has 3 aromatic carbocycles. The maximum Gasteiger partial charge on any atom is 0.261 e. The summed E-state index contributed by atoms with van der Waals surface area (Å²) in [6.45, 7) is 11.3. The normalized spacial score (nSPS) is 12.1. The van der Waals surface area contributed by atoms with Crippen LogP contribution in [0.5, 0.6) is 5.75 Å². The lowest BCUT2D eigenvalue weighted by Gasteiger charge is -2.31. The summed E-state index contributed by atoms with van der Waals surface area (Å²) in [4.78, 5) is 29.0. The smallest absolute Gasteiger partial charge is 0.261 e. The van der Waals surface area contributed by atoms with E-state index in [1.807, 2.05) is 79.7 Å². The summed E-state index contributed by atoms with van der Waals surface area (Å²) in [5.41, 5.74) is 4.26. The summed E-state index contributed by atoms with van der Waals surface area (Å²) >= 11 is 3.60. The molecule has 0 saturated heterocycles. The van der Waals surface area contributed by atoms with Crippen LogP contribution in [0.2, 0.25) is 0 Å². The predicted molar refractivity (Wildman–Crippen MR) is 162 cm³/mol. The molecule has 0 fully saturated rings. The molecule has 1 unspecified atom stereocenters. The van der Waals surface area contributed by atoms with Crippen LogP contribution in [0.4, 0.5) is 0 Å². The Morgan fingerprint density at radius 1 is 0.974 bits per heavy atom. The molecule has 3 aromatic rings. The Labute approximate surface area is 242 Å². The largest absolute Gasteiger partial charge is 0.483 e. The molecule has 3 rings (SSSR count). The molecule has 208 valence electrons.